The largest absolute Gasteiger partial charge is 0.493 e. The van der Waals surface area contributed by atoms with Crippen molar-refractivity contribution in [2.45, 2.75) is 26.7 Å². The van der Waals surface area contributed by atoms with Crippen LogP contribution in [-0.2, 0) is 22.4 Å². The lowest BCUT2D eigenvalue weighted by Gasteiger charge is -2.09. The van der Waals surface area contributed by atoms with Crippen molar-refractivity contribution >= 4 is 39.1 Å². The van der Waals surface area contributed by atoms with Gasteiger partial charge in [0.2, 0.25) is 11.8 Å². The van der Waals surface area contributed by atoms with E-state index in [0.717, 1.165) is 51.3 Å². The Bertz CT molecular complexity index is 883. The number of ether oxygens (including phenoxy) is 2. The van der Waals surface area contributed by atoms with E-state index < -0.39 is 0 Å². The Morgan fingerprint density at radius 3 is 2.19 bits per heavy atom. The molecule has 7 heteroatoms. The third-order valence-electron chi connectivity index (χ3n) is 4.18. The molecule has 0 radical (unpaired) electrons. The van der Waals surface area contributed by atoms with Crippen molar-refractivity contribution in [1.29, 1.82) is 0 Å². The molecule has 2 heterocycles. The summed E-state index contributed by atoms with van der Waals surface area (Å²) in [6, 6.07) is 9.51. The molecule has 4 rings (SSSR count). The molecule has 2 N–H and O–H groups in total. The molecule has 0 aliphatic carbocycles. The lowest BCUT2D eigenvalue weighted by Crippen LogP contribution is -2.08. The fraction of sp³-hybridized carbons (Fsp3) is 0.300. The van der Waals surface area contributed by atoms with E-state index in [1.54, 1.807) is 0 Å². The highest BCUT2D eigenvalue weighted by atomic mass is 79.9. The first-order valence-corrected chi connectivity index (χ1v) is 9.49. The number of fused-ring (bicyclic) bond motifs is 2. The third-order valence-corrected chi connectivity index (χ3v) is 4.84. The number of hydrogen-bond donors (Lipinski definition) is 2. The van der Waals surface area contributed by atoms with Crippen LogP contribution in [0.25, 0.3) is 0 Å². The van der Waals surface area contributed by atoms with Crippen LogP contribution in [0.1, 0.15) is 25.0 Å². The van der Waals surface area contributed by atoms with Crippen molar-refractivity contribution in [3.63, 3.8) is 0 Å². The van der Waals surface area contributed by atoms with Crippen molar-refractivity contribution in [3.8, 4) is 11.5 Å². The van der Waals surface area contributed by atoms with Crippen LogP contribution in [0, 0.1) is 0 Å². The molecule has 0 aromatic heterocycles. The first kappa shape index (κ1) is 19.2. The zero-order chi connectivity index (χ0) is 19.4. The van der Waals surface area contributed by atoms with Gasteiger partial charge in [0.1, 0.15) is 11.5 Å². The second-order valence-electron chi connectivity index (χ2n) is 6.24. The number of nitrogens with one attached hydrogen (secondary N) is 2. The van der Waals surface area contributed by atoms with Crippen LogP contribution in [0.5, 0.6) is 11.5 Å². The molecular weight excluding hydrogens is 412 g/mol. The summed E-state index contributed by atoms with van der Waals surface area (Å²) >= 11 is 3.41. The van der Waals surface area contributed by atoms with Gasteiger partial charge in [-0.2, -0.15) is 0 Å². The van der Waals surface area contributed by atoms with Crippen molar-refractivity contribution < 1.29 is 19.1 Å². The van der Waals surface area contributed by atoms with E-state index in [2.05, 4.69) is 26.6 Å². The van der Waals surface area contributed by atoms with Crippen LogP contribution in [0.2, 0.25) is 0 Å². The molecular formula is C20H21BrN2O4. The van der Waals surface area contributed by atoms with Gasteiger partial charge in [0.05, 0.1) is 18.9 Å². The molecule has 2 aromatic carbocycles. The molecule has 0 saturated carbocycles. The van der Waals surface area contributed by atoms with Gasteiger partial charge < -0.3 is 20.1 Å². The third kappa shape index (κ3) is 4.60. The van der Waals surface area contributed by atoms with Gasteiger partial charge in [0.25, 0.3) is 0 Å². The monoisotopic (exact) mass is 432 g/mol. The summed E-state index contributed by atoms with van der Waals surface area (Å²) in [7, 11) is 0. The minimum atomic E-state index is -0.0639. The molecule has 6 nitrogen and oxygen atoms in total. The van der Waals surface area contributed by atoms with Gasteiger partial charge in [-0.05, 0) is 40.2 Å². The number of carbonyl (C=O) groups is 2. The Labute approximate surface area is 166 Å². The summed E-state index contributed by atoms with van der Waals surface area (Å²) in [5, 5.41) is 5.59. The first-order valence-electron chi connectivity index (χ1n) is 8.69. The van der Waals surface area contributed by atoms with E-state index in [-0.39, 0.29) is 11.8 Å². The fourth-order valence-electron chi connectivity index (χ4n) is 3.09. The Hall–Kier alpha value is -2.54. The normalized spacial score (nSPS) is 13.3. The lowest BCUT2D eigenvalue weighted by atomic mass is 10.1. The SMILES string of the molecule is CC(=O)Nc1c(Br)ccc2c1CCO2.CC(=O)Nc1cccc2c1CCO2. The van der Waals surface area contributed by atoms with Crippen LogP contribution in [0.15, 0.2) is 34.8 Å². The summed E-state index contributed by atoms with van der Waals surface area (Å²) in [6.45, 7) is 4.42. The highest BCUT2D eigenvalue weighted by Crippen LogP contribution is 2.37. The van der Waals surface area contributed by atoms with Crippen LogP contribution < -0.4 is 20.1 Å². The Morgan fingerprint density at radius 1 is 0.889 bits per heavy atom. The van der Waals surface area contributed by atoms with Gasteiger partial charge in [0, 0.05) is 48.0 Å². The molecule has 0 atom stereocenters. The van der Waals surface area contributed by atoms with E-state index in [4.69, 9.17) is 9.47 Å². The maximum absolute atomic E-state index is 11.0. The van der Waals surface area contributed by atoms with Crippen LogP contribution >= 0.6 is 15.9 Å². The molecule has 0 spiro atoms. The molecule has 2 aliphatic heterocycles. The van der Waals surface area contributed by atoms with Crippen molar-refractivity contribution in [2.24, 2.45) is 0 Å². The lowest BCUT2D eigenvalue weighted by molar-refractivity contribution is -0.115. The molecule has 0 fully saturated rings. The van der Waals surface area contributed by atoms with E-state index in [0.29, 0.717) is 13.2 Å². The Balaban J connectivity index is 0.000000156. The summed E-state index contributed by atoms with van der Waals surface area (Å²) in [4.78, 5) is 21.9. The van der Waals surface area contributed by atoms with Gasteiger partial charge >= 0.3 is 0 Å². The zero-order valence-corrected chi connectivity index (χ0v) is 16.8. The molecule has 2 amide bonds. The number of halogens is 1. The highest BCUT2D eigenvalue weighted by molar-refractivity contribution is 9.10. The van der Waals surface area contributed by atoms with Gasteiger partial charge in [0.15, 0.2) is 0 Å². The van der Waals surface area contributed by atoms with Gasteiger partial charge in [-0.25, -0.2) is 0 Å². The van der Waals surface area contributed by atoms with E-state index >= 15 is 0 Å². The maximum Gasteiger partial charge on any atom is 0.221 e. The van der Waals surface area contributed by atoms with E-state index in [9.17, 15) is 9.59 Å². The van der Waals surface area contributed by atoms with Crippen molar-refractivity contribution in [3.05, 3.63) is 45.9 Å². The van der Waals surface area contributed by atoms with Gasteiger partial charge in [-0.1, -0.05) is 6.07 Å². The van der Waals surface area contributed by atoms with Crippen LogP contribution in [0.3, 0.4) is 0 Å². The summed E-state index contributed by atoms with van der Waals surface area (Å²) in [5.41, 5.74) is 3.90. The van der Waals surface area contributed by atoms with Crippen LogP contribution in [0.4, 0.5) is 11.4 Å². The predicted molar refractivity (Wildman–Crippen MR) is 108 cm³/mol. The predicted octanol–water partition coefficient (Wildman–Crippen LogP) is 3.92. The smallest absolute Gasteiger partial charge is 0.221 e. The topological polar surface area (TPSA) is 76.7 Å². The number of anilines is 2. The van der Waals surface area contributed by atoms with Gasteiger partial charge in [-0.3, -0.25) is 9.59 Å². The Kier molecular flexibility index (Phi) is 6.01. The summed E-state index contributed by atoms with van der Waals surface area (Å²) < 4.78 is 11.7. The second-order valence-corrected chi connectivity index (χ2v) is 7.09. The number of rotatable bonds is 2. The molecule has 0 unspecified atom stereocenters. The number of amides is 2. The average Bonchev–Trinajstić information content (AvgIpc) is 3.27. The molecule has 0 bridgehead atoms. The quantitative estimate of drug-likeness (QED) is 0.753. The van der Waals surface area contributed by atoms with Crippen molar-refractivity contribution in [2.75, 3.05) is 23.8 Å². The molecule has 0 saturated heterocycles. The fourth-order valence-corrected chi connectivity index (χ4v) is 3.56. The first-order chi connectivity index (χ1) is 13.0. The maximum atomic E-state index is 11.0. The van der Waals surface area contributed by atoms with E-state index in [1.807, 2.05) is 30.3 Å². The second kappa shape index (κ2) is 8.43. The summed E-state index contributed by atoms with van der Waals surface area (Å²) in [5.74, 6) is 1.66. The number of hydrogen-bond acceptors (Lipinski definition) is 4. The Morgan fingerprint density at radius 2 is 1.52 bits per heavy atom. The average molecular weight is 433 g/mol. The number of benzene rings is 2. The number of carbonyl (C=O) groups excluding carboxylic acids is 2. The minimum Gasteiger partial charge on any atom is -0.493 e. The standard InChI is InChI=1S/C10H10BrNO2.C10H11NO2/c1-6(13)12-10-7-4-5-14-9(7)3-2-8(10)11;1-7(12)11-9-3-2-4-10-8(9)5-6-13-10/h2-3H,4-5H2,1H3,(H,12,13);2-4H,5-6H2,1H3,(H,11,12). The van der Waals surface area contributed by atoms with Crippen LogP contribution in [-0.4, -0.2) is 25.0 Å². The molecule has 142 valence electrons. The van der Waals surface area contributed by atoms with E-state index in [1.165, 1.54) is 13.8 Å². The van der Waals surface area contributed by atoms with Gasteiger partial charge in [-0.15, -0.1) is 0 Å². The minimum absolute atomic E-state index is 0.0414. The molecule has 2 aromatic rings. The highest BCUT2D eigenvalue weighted by Gasteiger charge is 2.19. The summed E-state index contributed by atoms with van der Waals surface area (Å²) in [6.07, 6.45) is 1.73. The zero-order valence-electron chi connectivity index (χ0n) is 15.2. The molecule has 2 aliphatic rings. The van der Waals surface area contributed by atoms with Crippen molar-refractivity contribution in [1.82, 2.24) is 0 Å². The molecule has 27 heavy (non-hydrogen) atoms.